The van der Waals surface area contributed by atoms with Crippen LogP contribution in [-0.2, 0) is 35.5 Å². The number of carbonyl (C=O) groups is 2. The van der Waals surface area contributed by atoms with Gasteiger partial charge in [0.05, 0.1) is 6.42 Å². The fourth-order valence-corrected chi connectivity index (χ4v) is 5.11. The van der Waals surface area contributed by atoms with Crippen LogP contribution in [-0.4, -0.2) is 34.3 Å². The van der Waals surface area contributed by atoms with Gasteiger partial charge in [-0.15, -0.1) is 0 Å². The smallest absolute Gasteiger partial charge is 0.263 e. The second-order valence-corrected chi connectivity index (χ2v) is 9.81. The maximum atomic E-state index is 13.1. The lowest BCUT2D eigenvalue weighted by atomic mass is 9.94. The maximum absolute atomic E-state index is 13.1. The van der Waals surface area contributed by atoms with Gasteiger partial charge in [0.25, 0.3) is 5.91 Å². The van der Waals surface area contributed by atoms with Crippen molar-refractivity contribution in [1.29, 1.82) is 0 Å². The van der Waals surface area contributed by atoms with Gasteiger partial charge in [-0.25, -0.2) is 0 Å². The predicted molar refractivity (Wildman–Crippen MR) is 134 cm³/mol. The number of hydrogen-bond donors (Lipinski definition) is 1. The van der Waals surface area contributed by atoms with Crippen LogP contribution >= 0.6 is 22.9 Å². The molecule has 1 atom stereocenters. The maximum Gasteiger partial charge on any atom is 0.263 e. The standard InChI is InChI=1S/C26H28ClN3O3S/c1-16-10-21(27)4-5-24(16)33-18(3)26(32)30-8-6-22-20(14-30)12-28-17(2)23(22)13-29-25(31)11-19-7-9-34-15-19/h4-5,7,9-10,12,15,18H,6,8,11,13-14H2,1-3H3,(H,29,31). The molecule has 6 nitrogen and oxygen atoms in total. The minimum atomic E-state index is -0.615. The minimum absolute atomic E-state index is 0.00789. The molecular formula is C26H28ClN3O3S. The summed E-state index contributed by atoms with van der Waals surface area (Å²) in [4.78, 5) is 31.8. The molecule has 0 bridgehead atoms. The molecule has 1 N–H and O–H groups in total. The summed E-state index contributed by atoms with van der Waals surface area (Å²) in [6.45, 7) is 7.15. The van der Waals surface area contributed by atoms with Gasteiger partial charge in [0.15, 0.2) is 6.10 Å². The molecular weight excluding hydrogens is 470 g/mol. The second kappa shape index (κ2) is 10.6. The van der Waals surface area contributed by atoms with Crippen molar-refractivity contribution in [3.63, 3.8) is 0 Å². The van der Waals surface area contributed by atoms with Gasteiger partial charge in [0.1, 0.15) is 5.75 Å². The number of benzene rings is 1. The van der Waals surface area contributed by atoms with Crippen molar-refractivity contribution in [2.75, 3.05) is 6.54 Å². The number of hydrogen-bond acceptors (Lipinski definition) is 5. The van der Waals surface area contributed by atoms with E-state index in [2.05, 4.69) is 10.3 Å². The van der Waals surface area contributed by atoms with E-state index >= 15 is 0 Å². The first-order valence-corrected chi connectivity index (χ1v) is 12.6. The number of halogens is 1. The van der Waals surface area contributed by atoms with Gasteiger partial charge in [0.2, 0.25) is 5.91 Å². The molecule has 3 aromatic rings. The molecule has 1 unspecified atom stereocenters. The van der Waals surface area contributed by atoms with E-state index in [1.54, 1.807) is 30.4 Å². The van der Waals surface area contributed by atoms with Crippen LogP contribution < -0.4 is 10.1 Å². The summed E-state index contributed by atoms with van der Waals surface area (Å²) in [6, 6.07) is 7.33. The number of aryl methyl sites for hydroxylation is 2. The van der Waals surface area contributed by atoms with Crippen LogP contribution in [0.3, 0.4) is 0 Å². The van der Waals surface area contributed by atoms with E-state index < -0.39 is 6.10 Å². The minimum Gasteiger partial charge on any atom is -0.481 e. The van der Waals surface area contributed by atoms with Crippen LogP contribution in [0.25, 0.3) is 0 Å². The number of amides is 2. The van der Waals surface area contributed by atoms with Gasteiger partial charge in [-0.2, -0.15) is 11.3 Å². The lowest BCUT2D eigenvalue weighted by Gasteiger charge is -2.32. The molecule has 0 saturated carbocycles. The van der Waals surface area contributed by atoms with Crippen molar-refractivity contribution < 1.29 is 14.3 Å². The SMILES string of the molecule is Cc1cc(Cl)ccc1OC(C)C(=O)N1CCc2c(cnc(C)c2CNC(=O)Cc2ccsc2)C1. The summed E-state index contributed by atoms with van der Waals surface area (Å²) in [7, 11) is 0. The zero-order chi connectivity index (χ0) is 24.2. The average molecular weight is 498 g/mol. The van der Waals surface area contributed by atoms with Gasteiger partial charge in [-0.05, 0) is 90.0 Å². The van der Waals surface area contributed by atoms with Crippen LogP contribution in [0.15, 0.2) is 41.2 Å². The van der Waals surface area contributed by atoms with Gasteiger partial charge in [-0.3, -0.25) is 14.6 Å². The fraction of sp³-hybridized carbons (Fsp3) is 0.346. The molecule has 34 heavy (non-hydrogen) atoms. The monoisotopic (exact) mass is 497 g/mol. The van der Waals surface area contributed by atoms with Gasteiger partial charge in [0, 0.05) is 36.5 Å². The summed E-state index contributed by atoms with van der Waals surface area (Å²) in [5, 5.41) is 7.63. The number of thiophene rings is 1. The number of nitrogens with one attached hydrogen (secondary N) is 1. The number of nitrogens with zero attached hydrogens (tertiary/aromatic N) is 2. The average Bonchev–Trinajstić information content (AvgIpc) is 3.32. The molecule has 1 aliphatic heterocycles. The third kappa shape index (κ3) is 5.59. The van der Waals surface area contributed by atoms with Crippen LogP contribution in [0.5, 0.6) is 5.75 Å². The van der Waals surface area contributed by atoms with Crippen LogP contribution in [0.2, 0.25) is 5.02 Å². The molecule has 8 heteroatoms. The van der Waals surface area contributed by atoms with Crippen LogP contribution in [0, 0.1) is 13.8 Å². The Balaban J connectivity index is 1.41. The van der Waals surface area contributed by atoms with Gasteiger partial charge in [-0.1, -0.05) is 11.6 Å². The van der Waals surface area contributed by atoms with Crippen LogP contribution in [0.4, 0.5) is 0 Å². The Morgan fingerprint density at radius 3 is 2.85 bits per heavy atom. The first kappa shape index (κ1) is 24.2. The third-order valence-electron chi connectivity index (χ3n) is 6.10. The Morgan fingerprint density at radius 2 is 2.12 bits per heavy atom. The highest BCUT2D eigenvalue weighted by molar-refractivity contribution is 7.08. The highest BCUT2D eigenvalue weighted by atomic mass is 35.5. The first-order chi connectivity index (χ1) is 16.3. The van der Waals surface area contributed by atoms with Crippen molar-refractivity contribution in [3.05, 3.63) is 79.8 Å². The Hall–Kier alpha value is -2.90. The molecule has 1 aromatic carbocycles. The number of aromatic nitrogens is 1. The summed E-state index contributed by atoms with van der Waals surface area (Å²) >= 11 is 7.61. The Bertz CT molecular complexity index is 1200. The third-order valence-corrected chi connectivity index (χ3v) is 7.07. The highest BCUT2D eigenvalue weighted by Crippen LogP contribution is 2.26. The Labute approximate surface area is 208 Å². The predicted octanol–water partition coefficient (Wildman–Crippen LogP) is 4.62. The molecule has 0 fully saturated rings. The van der Waals surface area contributed by atoms with E-state index in [1.807, 2.05) is 47.8 Å². The molecule has 2 amide bonds. The Morgan fingerprint density at radius 1 is 1.29 bits per heavy atom. The molecule has 4 rings (SSSR count). The molecule has 2 aromatic heterocycles. The largest absolute Gasteiger partial charge is 0.481 e. The first-order valence-electron chi connectivity index (χ1n) is 11.3. The number of rotatable bonds is 7. The summed E-state index contributed by atoms with van der Waals surface area (Å²) in [5.41, 5.74) is 6.05. The highest BCUT2D eigenvalue weighted by Gasteiger charge is 2.28. The molecule has 0 spiro atoms. The van der Waals surface area contributed by atoms with E-state index in [-0.39, 0.29) is 11.8 Å². The number of ether oxygens (including phenoxy) is 1. The molecule has 0 aliphatic carbocycles. The van der Waals surface area contributed by atoms with E-state index in [9.17, 15) is 9.59 Å². The fourth-order valence-electron chi connectivity index (χ4n) is 4.22. The van der Waals surface area contributed by atoms with Crippen molar-refractivity contribution in [2.45, 2.75) is 52.8 Å². The van der Waals surface area contributed by atoms with E-state index in [1.165, 1.54) is 5.56 Å². The second-order valence-electron chi connectivity index (χ2n) is 8.59. The van der Waals surface area contributed by atoms with E-state index in [4.69, 9.17) is 16.3 Å². The van der Waals surface area contributed by atoms with Crippen molar-refractivity contribution >= 4 is 34.8 Å². The zero-order valence-electron chi connectivity index (χ0n) is 19.6. The number of pyridine rings is 1. The van der Waals surface area contributed by atoms with E-state index in [0.717, 1.165) is 27.9 Å². The normalized spacial score (nSPS) is 13.8. The Kier molecular flexibility index (Phi) is 7.54. The van der Waals surface area contributed by atoms with Crippen LogP contribution in [0.1, 0.15) is 40.4 Å². The van der Waals surface area contributed by atoms with Crippen molar-refractivity contribution in [2.24, 2.45) is 0 Å². The number of fused-ring (bicyclic) bond motifs is 1. The summed E-state index contributed by atoms with van der Waals surface area (Å²) in [5.74, 6) is 0.582. The molecule has 3 heterocycles. The summed E-state index contributed by atoms with van der Waals surface area (Å²) in [6.07, 6.45) is 2.32. The summed E-state index contributed by atoms with van der Waals surface area (Å²) < 4.78 is 5.94. The number of carbonyl (C=O) groups excluding carboxylic acids is 2. The lowest BCUT2D eigenvalue weighted by molar-refractivity contribution is -0.138. The molecule has 1 aliphatic rings. The molecule has 178 valence electrons. The van der Waals surface area contributed by atoms with Crippen molar-refractivity contribution in [1.82, 2.24) is 15.2 Å². The molecule has 0 saturated heterocycles. The van der Waals surface area contributed by atoms with Crippen molar-refractivity contribution in [3.8, 4) is 5.75 Å². The zero-order valence-corrected chi connectivity index (χ0v) is 21.1. The molecule has 0 radical (unpaired) electrons. The van der Waals surface area contributed by atoms with Gasteiger partial charge >= 0.3 is 0 Å². The lowest BCUT2D eigenvalue weighted by Crippen LogP contribution is -2.43. The quantitative estimate of drug-likeness (QED) is 0.517. The van der Waals surface area contributed by atoms with E-state index in [0.29, 0.717) is 43.2 Å². The topological polar surface area (TPSA) is 71.5 Å². The van der Waals surface area contributed by atoms with Gasteiger partial charge < -0.3 is 15.0 Å².